The highest BCUT2D eigenvalue weighted by molar-refractivity contribution is 5.26. The Morgan fingerprint density at radius 2 is 2.00 bits per heavy atom. The zero-order valence-corrected chi connectivity index (χ0v) is 12.6. The van der Waals surface area contributed by atoms with E-state index in [9.17, 15) is 0 Å². The highest BCUT2D eigenvalue weighted by Gasteiger charge is 2.30. The first-order valence-electron chi connectivity index (χ1n) is 7.71. The maximum atomic E-state index is 6.32. The molecule has 1 aliphatic rings. The zero-order valence-electron chi connectivity index (χ0n) is 12.6. The van der Waals surface area contributed by atoms with Crippen molar-refractivity contribution in [2.24, 2.45) is 5.73 Å². The molecule has 19 heavy (non-hydrogen) atoms. The van der Waals surface area contributed by atoms with Crippen LogP contribution < -0.4 is 5.73 Å². The molecule has 2 nitrogen and oxygen atoms in total. The van der Waals surface area contributed by atoms with Crippen LogP contribution in [0.3, 0.4) is 0 Å². The zero-order chi connectivity index (χ0) is 13.8. The van der Waals surface area contributed by atoms with Gasteiger partial charge in [0.2, 0.25) is 0 Å². The molecule has 1 saturated carbocycles. The second kappa shape index (κ2) is 6.53. The highest BCUT2D eigenvalue weighted by Crippen LogP contribution is 2.32. The molecule has 2 unspecified atom stereocenters. The lowest BCUT2D eigenvalue weighted by Gasteiger charge is -2.38. The molecule has 106 valence electrons. The second-order valence-electron chi connectivity index (χ2n) is 5.99. The average Bonchev–Trinajstić information content (AvgIpc) is 2.88. The van der Waals surface area contributed by atoms with Gasteiger partial charge in [-0.3, -0.25) is 4.90 Å². The Bertz CT molecular complexity index is 394. The van der Waals surface area contributed by atoms with E-state index < -0.39 is 0 Å². The molecular weight excluding hydrogens is 232 g/mol. The standard InChI is InChI=1S/C17H28N2/c1-4-19(16-10-5-6-11-16)17(14(3)18)15-9-7-8-13(2)12-15/h7-9,12,14,16-17H,4-6,10-11,18H2,1-3H3. The molecule has 0 aliphatic heterocycles. The fourth-order valence-corrected chi connectivity index (χ4v) is 3.57. The van der Waals surface area contributed by atoms with Crippen molar-refractivity contribution in [2.75, 3.05) is 6.54 Å². The number of benzene rings is 1. The van der Waals surface area contributed by atoms with Gasteiger partial charge in [0, 0.05) is 18.1 Å². The number of rotatable bonds is 5. The van der Waals surface area contributed by atoms with Gasteiger partial charge in [0.05, 0.1) is 0 Å². The van der Waals surface area contributed by atoms with Gasteiger partial charge in [-0.15, -0.1) is 0 Å². The van der Waals surface area contributed by atoms with E-state index in [0.717, 1.165) is 12.6 Å². The summed E-state index contributed by atoms with van der Waals surface area (Å²) in [5.74, 6) is 0. The van der Waals surface area contributed by atoms with Crippen molar-refractivity contribution < 1.29 is 0 Å². The molecule has 2 N–H and O–H groups in total. The summed E-state index contributed by atoms with van der Waals surface area (Å²) in [4.78, 5) is 2.63. The van der Waals surface area contributed by atoms with Gasteiger partial charge in [0.1, 0.15) is 0 Å². The van der Waals surface area contributed by atoms with Crippen LogP contribution in [-0.2, 0) is 0 Å². The summed E-state index contributed by atoms with van der Waals surface area (Å²) in [6, 6.07) is 10.1. The summed E-state index contributed by atoms with van der Waals surface area (Å²) >= 11 is 0. The topological polar surface area (TPSA) is 29.3 Å². The van der Waals surface area contributed by atoms with Crippen molar-refractivity contribution >= 4 is 0 Å². The van der Waals surface area contributed by atoms with Gasteiger partial charge in [-0.05, 0) is 38.8 Å². The highest BCUT2D eigenvalue weighted by atomic mass is 15.2. The lowest BCUT2D eigenvalue weighted by molar-refractivity contribution is 0.127. The third-order valence-corrected chi connectivity index (χ3v) is 4.40. The quantitative estimate of drug-likeness (QED) is 0.875. The first kappa shape index (κ1) is 14.5. The largest absolute Gasteiger partial charge is 0.326 e. The van der Waals surface area contributed by atoms with Crippen molar-refractivity contribution in [1.29, 1.82) is 0 Å². The molecule has 0 heterocycles. The van der Waals surface area contributed by atoms with Crippen LogP contribution in [-0.4, -0.2) is 23.5 Å². The molecule has 0 radical (unpaired) electrons. The molecule has 1 aliphatic carbocycles. The molecular formula is C17H28N2. The van der Waals surface area contributed by atoms with Crippen LogP contribution in [0.5, 0.6) is 0 Å². The van der Waals surface area contributed by atoms with Crippen molar-refractivity contribution in [3.63, 3.8) is 0 Å². The van der Waals surface area contributed by atoms with Crippen molar-refractivity contribution in [3.05, 3.63) is 35.4 Å². The molecule has 0 spiro atoms. The SMILES string of the molecule is CCN(C1CCCC1)C(c1cccc(C)c1)C(C)N. The smallest absolute Gasteiger partial charge is 0.0499 e. The van der Waals surface area contributed by atoms with E-state index in [1.165, 1.54) is 36.8 Å². The van der Waals surface area contributed by atoms with E-state index >= 15 is 0 Å². The van der Waals surface area contributed by atoms with Crippen LogP contribution in [0.1, 0.15) is 56.7 Å². The molecule has 0 aromatic heterocycles. The lowest BCUT2D eigenvalue weighted by Crippen LogP contribution is -2.44. The summed E-state index contributed by atoms with van der Waals surface area (Å²) in [5, 5.41) is 0. The number of hydrogen-bond donors (Lipinski definition) is 1. The molecule has 1 aromatic rings. The van der Waals surface area contributed by atoms with Crippen LogP contribution in [0, 0.1) is 6.92 Å². The Hall–Kier alpha value is -0.860. The summed E-state index contributed by atoms with van der Waals surface area (Å²) in [5.41, 5.74) is 9.02. The summed E-state index contributed by atoms with van der Waals surface area (Å²) < 4.78 is 0. The van der Waals surface area contributed by atoms with E-state index in [4.69, 9.17) is 5.73 Å². The minimum atomic E-state index is 0.169. The summed E-state index contributed by atoms with van der Waals surface area (Å²) in [6.07, 6.45) is 5.42. The van der Waals surface area contributed by atoms with Crippen LogP contribution in [0.15, 0.2) is 24.3 Å². The molecule has 0 bridgehead atoms. The maximum absolute atomic E-state index is 6.32. The van der Waals surface area contributed by atoms with Crippen molar-refractivity contribution in [2.45, 2.75) is 64.6 Å². The van der Waals surface area contributed by atoms with Crippen LogP contribution in [0.2, 0.25) is 0 Å². The van der Waals surface area contributed by atoms with E-state index in [1.54, 1.807) is 0 Å². The molecule has 0 saturated heterocycles. The number of aryl methyl sites for hydroxylation is 1. The van der Waals surface area contributed by atoms with Crippen LogP contribution >= 0.6 is 0 Å². The second-order valence-corrected chi connectivity index (χ2v) is 5.99. The van der Waals surface area contributed by atoms with Crippen molar-refractivity contribution in [1.82, 2.24) is 4.90 Å². The van der Waals surface area contributed by atoms with Gasteiger partial charge in [0.25, 0.3) is 0 Å². The molecule has 1 fully saturated rings. The number of nitrogens with two attached hydrogens (primary N) is 1. The average molecular weight is 260 g/mol. The molecule has 2 atom stereocenters. The van der Waals surface area contributed by atoms with Crippen LogP contribution in [0.4, 0.5) is 0 Å². The molecule has 2 rings (SSSR count). The maximum Gasteiger partial charge on any atom is 0.0499 e. The monoisotopic (exact) mass is 260 g/mol. The van der Waals surface area contributed by atoms with Gasteiger partial charge in [-0.2, -0.15) is 0 Å². The summed E-state index contributed by atoms with van der Waals surface area (Å²) in [6.45, 7) is 7.66. The van der Waals surface area contributed by atoms with Gasteiger partial charge in [0.15, 0.2) is 0 Å². The van der Waals surface area contributed by atoms with Gasteiger partial charge < -0.3 is 5.73 Å². The fraction of sp³-hybridized carbons (Fsp3) is 0.647. The Balaban J connectivity index is 2.27. The van der Waals surface area contributed by atoms with Gasteiger partial charge in [-0.1, -0.05) is 49.6 Å². The fourth-order valence-electron chi connectivity index (χ4n) is 3.57. The van der Waals surface area contributed by atoms with Gasteiger partial charge >= 0.3 is 0 Å². The molecule has 1 aromatic carbocycles. The third-order valence-electron chi connectivity index (χ3n) is 4.40. The number of nitrogens with zero attached hydrogens (tertiary/aromatic N) is 1. The first-order valence-corrected chi connectivity index (χ1v) is 7.71. The lowest BCUT2D eigenvalue weighted by atomic mass is 9.95. The first-order chi connectivity index (χ1) is 9.13. The Morgan fingerprint density at radius 1 is 1.32 bits per heavy atom. The Labute approximate surface area is 118 Å². The minimum absolute atomic E-state index is 0.169. The Morgan fingerprint density at radius 3 is 2.53 bits per heavy atom. The van der Waals surface area contributed by atoms with Crippen molar-refractivity contribution in [3.8, 4) is 0 Å². The van der Waals surface area contributed by atoms with Gasteiger partial charge in [-0.25, -0.2) is 0 Å². The van der Waals surface area contributed by atoms with E-state index in [0.29, 0.717) is 6.04 Å². The minimum Gasteiger partial charge on any atom is -0.326 e. The van der Waals surface area contributed by atoms with E-state index in [-0.39, 0.29) is 6.04 Å². The molecule has 2 heteroatoms. The molecule has 0 amide bonds. The van der Waals surface area contributed by atoms with E-state index in [1.807, 2.05) is 0 Å². The predicted octanol–water partition coefficient (Wildman–Crippen LogP) is 3.65. The van der Waals surface area contributed by atoms with Crippen LogP contribution in [0.25, 0.3) is 0 Å². The Kier molecular flexibility index (Phi) is 5.00. The predicted molar refractivity (Wildman–Crippen MR) is 82.2 cm³/mol. The third kappa shape index (κ3) is 3.37. The van der Waals surface area contributed by atoms with E-state index in [2.05, 4.69) is 49.9 Å². The number of likely N-dealkylation sites (N-methyl/N-ethyl adjacent to an activating group) is 1. The normalized spacial score (nSPS) is 19.8. The summed E-state index contributed by atoms with van der Waals surface area (Å²) in [7, 11) is 0. The number of hydrogen-bond acceptors (Lipinski definition) is 2.